The van der Waals surface area contributed by atoms with Crippen molar-refractivity contribution in [3.63, 3.8) is 0 Å². The first-order chi connectivity index (χ1) is 16.8. The number of hydrogen-bond donors (Lipinski definition) is 5. The average Bonchev–Trinajstić information content (AvgIpc) is 2.85. The maximum atomic E-state index is 14.8. The fraction of sp³-hybridized carbons (Fsp3) is 0. The van der Waals surface area contributed by atoms with E-state index < -0.39 is 17.6 Å². The Morgan fingerprint density at radius 3 is 2.11 bits per heavy atom. The minimum Gasteiger partial charge on any atom is -0.384 e. The zero-order chi connectivity index (χ0) is 24.9. The average molecular weight is 485 g/mol. The van der Waals surface area contributed by atoms with Gasteiger partial charge in [0.05, 0.1) is 16.8 Å². The summed E-state index contributed by atoms with van der Waals surface area (Å²) in [6.07, 6.45) is 0. The molecule has 8 heteroatoms. The van der Waals surface area contributed by atoms with E-state index in [2.05, 4.69) is 23.3 Å². The Hall–Kier alpha value is -4.43. The number of halogens is 1. The van der Waals surface area contributed by atoms with Crippen LogP contribution in [0.25, 0.3) is 11.1 Å². The molecular formula is C27H21FN4O2S. The summed E-state index contributed by atoms with van der Waals surface area (Å²) >= 11 is 4.41. The van der Waals surface area contributed by atoms with Gasteiger partial charge in [0.25, 0.3) is 11.8 Å². The van der Waals surface area contributed by atoms with Crippen molar-refractivity contribution in [2.75, 3.05) is 10.6 Å². The fourth-order valence-electron chi connectivity index (χ4n) is 3.53. The van der Waals surface area contributed by atoms with Crippen molar-refractivity contribution in [1.82, 2.24) is 0 Å². The highest BCUT2D eigenvalue weighted by Gasteiger charge is 2.18. The number of anilines is 2. The highest BCUT2D eigenvalue weighted by atomic mass is 32.1. The number of benzene rings is 4. The van der Waals surface area contributed by atoms with Crippen LogP contribution in [-0.4, -0.2) is 17.6 Å². The van der Waals surface area contributed by atoms with E-state index in [4.69, 9.17) is 11.1 Å². The van der Waals surface area contributed by atoms with Crippen LogP contribution in [0.2, 0.25) is 0 Å². The molecule has 0 aliphatic carbocycles. The van der Waals surface area contributed by atoms with Crippen LogP contribution in [0.5, 0.6) is 0 Å². The van der Waals surface area contributed by atoms with Gasteiger partial charge in [-0.25, -0.2) is 4.39 Å². The predicted molar refractivity (Wildman–Crippen MR) is 139 cm³/mol. The van der Waals surface area contributed by atoms with Crippen LogP contribution in [0.3, 0.4) is 0 Å². The van der Waals surface area contributed by atoms with E-state index in [1.807, 2.05) is 24.3 Å². The summed E-state index contributed by atoms with van der Waals surface area (Å²) in [5, 5.41) is 12.8. The molecule has 0 saturated carbocycles. The Balaban J connectivity index is 1.55. The zero-order valence-corrected chi connectivity index (χ0v) is 19.3. The number of amidine groups is 1. The molecule has 4 aromatic carbocycles. The molecule has 0 atom stereocenters. The zero-order valence-electron chi connectivity index (χ0n) is 18.4. The summed E-state index contributed by atoms with van der Waals surface area (Å²) in [7, 11) is 0. The first-order valence-electron chi connectivity index (χ1n) is 10.6. The Labute approximate surface area is 206 Å². The minimum atomic E-state index is -0.630. The molecule has 0 spiro atoms. The molecule has 6 nitrogen and oxygen atoms in total. The Kier molecular flexibility index (Phi) is 6.93. The number of nitrogens with one attached hydrogen (secondary N) is 3. The lowest BCUT2D eigenvalue weighted by Crippen LogP contribution is -2.21. The summed E-state index contributed by atoms with van der Waals surface area (Å²) in [6.45, 7) is 0. The number of thiol groups is 1. The Bertz CT molecular complexity index is 1450. The second-order valence-electron chi connectivity index (χ2n) is 7.66. The molecule has 0 aromatic heterocycles. The normalized spacial score (nSPS) is 10.5. The van der Waals surface area contributed by atoms with Gasteiger partial charge in [0.2, 0.25) is 0 Å². The molecule has 0 unspecified atom stereocenters. The van der Waals surface area contributed by atoms with Crippen molar-refractivity contribution < 1.29 is 14.0 Å². The van der Waals surface area contributed by atoms with Gasteiger partial charge in [-0.05, 0) is 53.6 Å². The van der Waals surface area contributed by atoms with Crippen molar-refractivity contribution >= 4 is 41.7 Å². The largest absolute Gasteiger partial charge is 0.384 e. The van der Waals surface area contributed by atoms with Crippen LogP contribution in [-0.2, 0) is 0 Å². The summed E-state index contributed by atoms with van der Waals surface area (Å²) in [4.78, 5) is 26.6. The standard InChI is InChI=1S/C27H21FN4O2S/c28-22-15-16(19-8-3-4-11-24(19)35)12-13-23(22)32-27(34)21-10-2-1-9-20(21)26(33)31-18-7-5-6-17(14-18)25(29)30/h1-15,35H,(H3,29,30)(H,31,33)(H,32,34). The van der Waals surface area contributed by atoms with E-state index in [0.717, 1.165) is 5.56 Å². The summed E-state index contributed by atoms with van der Waals surface area (Å²) in [6, 6.07) is 24.5. The maximum absolute atomic E-state index is 14.8. The second kappa shape index (κ2) is 10.2. The van der Waals surface area contributed by atoms with Crippen LogP contribution in [0.4, 0.5) is 15.8 Å². The SMILES string of the molecule is N=C(N)c1cccc(NC(=O)c2ccccc2C(=O)Nc2ccc(-c3ccccc3S)cc2F)c1. The first kappa shape index (κ1) is 23.7. The fourth-order valence-corrected chi connectivity index (χ4v) is 3.82. The summed E-state index contributed by atoms with van der Waals surface area (Å²) < 4.78 is 14.8. The minimum absolute atomic E-state index is 0.0141. The smallest absolute Gasteiger partial charge is 0.256 e. The molecule has 0 aliphatic rings. The van der Waals surface area contributed by atoms with Crippen LogP contribution in [0, 0.1) is 11.2 Å². The van der Waals surface area contributed by atoms with Gasteiger partial charge in [0, 0.05) is 16.1 Å². The quantitative estimate of drug-likeness (QED) is 0.140. The van der Waals surface area contributed by atoms with Crippen LogP contribution in [0.15, 0.2) is 95.9 Å². The predicted octanol–water partition coefficient (Wildman–Crippen LogP) is 5.57. The molecule has 4 aromatic rings. The molecule has 0 radical (unpaired) electrons. The van der Waals surface area contributed by atoms with Crippen LogP contribution < -0.4 is 16.4 Å². The number of nitrogen functional groups attached to an aromatic ring is 1. The molecule has 0 heterocycles. The van der Waals surface area contributed by atoms with Gasteiger partial charge >= 0.3 is 0 Å². The number of rotatable bonds is 6. The number of hydrogen-bond acceptors (Lipinski definition) is 4. The highest BCUT2D eigenvalue weighted by Crippen LogP contribution is 2.29. The lowest BCUT2D eigenvalue weighted by Gasteiger charge is -2.13. The van der Waals surface area contributed by atoms with E-state index in [0.29, 0.717) is 21.7 Å². The van der Waals surface area contributed by atoms with Gasteiger partial charge in [-0.15, -0.1) is 12.6 Å². The molecule has 5 N–H and O–H groups in total. The number of amides is 2. The third-order valence-corrected chi connectivity index (χ3v) is 5.67. The summed E-state index contributed by atoms with van der Waals surface area (Å²) in [5.41, 5.74) is 7.95. The van der Waals surface area contributed by atoms with Crippen molar-refractivity contribution in [2.45, 2.75) is 4.90 Å². The van der Waals surface area contributed by atoms with E-state index in [-0.39, 0.29) is 22.6 Å². The Morgan fingerprint density at radius 2 is 1.46 bits per heavy atom. The van der Waals surface area contributed by atoms with Crippen LogP contribution >= 0.6 is 12.6 Å². The maximum Gasteiger partial charge on any atom is 0.256 e. The van der Waals surface area contributed by atoms with Gasteiger partial charge in [-0.2, -0.15) is 0 Å². The molecule has 0 bridgehead atoms. The van der Waals surface area contributed by atoms with E-state index in [1.54, 1.807) is 42.5 Å². The lowest BCUT2D eigenvalue weighted by molar-refractivity contribution is 0.0990. The number of nitrogens with two attached hydrogens (primary N) is 1. The molecule has 35 heavy (non-hydrogen) atoms. The van der Waals surface area contributed by atoms with Gasteiger partial charge in [-0.3, -0.25) is 15.0 Å². The van der Waals surface area contributed by atoms with Crippen molar-refractivity contribution in [3.05, 3.63) is 114 Å². The van der Waals surface area contributed by atoms with E-state index >= 15 is 0 Å². The molecule has 0 saturated heterocycles. The first-order valence-corrected chi connectivity index (χ1v) is 11.0. The topological polar surface area (TPSA) is 108 Å². The Morgan fingerprint density at radius 1 is 0.800 bits per heavy atom. The highest BCUT2D eigenvalue weighted by molar-refractivity contribution is 7.80. The van der Waals surface area contributed by atoms with Gasteiger partial charge in [-0.1, -0.05) is 48.5 Å². The molecule has 0 fully saturated rings. The van der Waals surface area contributed by atoms with Crippen molar-refractivity contribution in [2.24, 2.45) is 5.73 Å². The van der Waals surface area contributed by atoms with E-state index in [9.17, 15) is 14.0 Å². The lowest BCUT2D eigenvalue weighted by atomic mass is 10.0. The number of carbonyl (C=O) groups is 2. The van der Waals surface area contributed by atoms with Crippen LogP contribution in [0.1, 0.15) is 26.3 Å². The third kappa shape index (κ3) is 5.39. The molecule has 2 amide bonds. The summed E-state index contributed by atoms with van der Waals surface area (Å²) in [5.74, 6) is -1.91. The second-order valence-corrected chi connectivity index (χ2v) is 8.14. The van der Waals surface area contributed by atoms with E-state index in [1.165, 1.54) is 24.3 Å². The number of carbonyl (C=O) groups excluding carboxylic acids is 2. The molecule has 0 aliphatic heterocycles. The molecule has 174 valence electrons. The van der Waals surface area contributed by atoms with Gasteiger partial charge < -0.3 is 16.4 Å². The monoisotopic (exact) mass is 484 g/mol. The van der Waals surface area contributed by atoms with Crippen molar-refractivity contribution in [3.8, 4) is 11.1 Å². The third-order valence-electron chi connectivity index (χ3n) is 5.28. The molecule has 4 rings (SSSR count). The van der Waals surface area contributed by atoms with Gasteiger partial charge in [0.15, 0.2) is 0 Å². The van der Waals surface area contributed by atoms with Gasteiger partial charge in [0.1, 0.15) is 11.7 Å². The molecular weight excluding hydrogens is 463 g/mol. The van der Waals surface area contributed by atoms with Crippen molar-refractivity contribution in [1.29, 1.82) is 5.41 Å².